The highest BCUT2D eigenvalue weighted by molar-refractivity contribution is 5.36. The van der Waals surface area contributed by atoms with Crippen LogP contribution in [-0.2, 0) is 0 Å². The van der Waals surface area contributed by atoms with Gasteiger partial charge in [0, 0.05) is 29.1 Å². The third kappa shape index (κ3) is 2.33. The van der Waals surface area contributed by atoms with E-state index in [1.165, 1.54) is 19.2 Å². The summed E-state index contributed by atoms with van der Waals surface area (Å²) in [5.41, 5.74) is 1.49. The maximum absolute atomic E-state index is 13.8. The lowest BCUT2D eigenvalue weighted by molar-refractivity contribution is 0.213. The maximum Gasteiger partial charge on any atom is 0.133 e. The summed E-state index contributed by atoms with van der Waals surface area (Å²) in [4.78, 5) is 4.08. The normalized spacial score (nSPS) is 12.2. The summed E-state index contributed by atoms with van der Waals surface area (Å²) in [6.45, 7) is 1.78. The van der Waals surface area contributed by atoms with E-state index < -0.39 is 11.9 Å². The van der Waals surface area contributed by atoms with Crippen molar-refractivity contribution in [2.24, 2.45) is 0 Å². The Morgan fingerprint density at radius 3 is 2.67 bits per heavy atom. The number of hydrogen-bond donors (Lipinski definition) is 1. The molecular formula is C14H14FNO2. The largest absolute Gasteiger partial charge is 0.497 e. The number of pyridine rings is 1. The average molecular weight is 247 g/mol. The molecule has 18 heavy (non-hydrogen) atoms. The van der Waals surface area contributed by atoms with Gasteiger partial charge in [0.05, 0.1) is 7.11 Å². The molecule has 1 unspecified atom stereocenters. The van der Waals surface area contributed by atoms with Gasteiger partial charge < -0.3 is 9.84 Å². The van der Waals surface area contributed by atoms with Crippen LogP contribution in [0.4, 0.5) is 4.39 Å². The van der Waals surface area contributed by atoms with Crippen LogP contribution in [0, 0.1) is 12.7 Å². The van der Waals surface area contributed by atoms with Gasteiger partial charge in [-0.05, 0) is 25.1 Å². The second-order valence-corrected chi connectivity index (χ2v) is 3.97. The van der Waals surface area contributed by atoms with Gasteiger partial charge in [0.25, 0.3) is 0 Å². The molecule has 2 aromatic rings. The van der Waals surface area contributed by atoms with Crippen molar-refractivity contribution in [1.82, 2.24) is 4.98 Å². The first kappa shape index (κ1) is 12.5. The monoisotopic (exact) mass is 247 g/mol. The molecule has 4 heteroatoms. The Bertz CT molecular complexity index is 557. The first-order valence-electron chi connectivity index (χ1n) is 5.56. The number of halogens is 1. The van der Waals surface area contributed by atoms with Crippen molar-refractivity contribution in [2.75, 3.05) is 7.11 Å². The van der Waals surface area contributed by atoms with E-state index >= 15 is 0 Å². The molecule has 0 fully saturated rings. The number of aliphatic hydroxyl groups is 1. The fourth-order valence-electron chi connectivity index (χ4n) is 1.81. The Kier molecular flexibility index (Phi) is 3.58. The zero-order chi connectivity index (χ0) is 13.1. The molecule has 1 N–H and O–H groups in total. The van der Waals surface area contributed by atoms with Gasteiger partial charge in [0.1, 0.15) is 17.7 Å². The quantitative estimate of drug-likeness (QED) is 0.906. The van der Waals surface area contributed by atoms with Crippen LogP contribution in [0.15, 0.2) is 36.5 Å². The van der Waals surface area contributed by atoms with Crippen molar-refractivity contribution in [3.63, 3.8) is 0 Å². The fourth-order valence-corrected chi connectivity index (χ4v) is 1.81. The van der Waals surface area contributed by atoms with Crippen LogP contribution in [0.5, 0.6) is 5.75 Å². The number of rotatable bonds is 3. The van der Waals surface area contributed by atoms with Gasteiger partial charge in [-0.15, -0.1) is 0 Å². The summed E-state index contributed by atoms with van der Waals surface area (Å²) in [6, 6.07) is 7.84. The second-order valence-electron chi connectivity index (χ2n) is 3.97. The molecule has 0 aliphatic rings. The molecule has 0 spiro atoms. The van der Waals surface area contributed by atoms with Gasteiger partial charge >= 0.3 is 0 Å². The predicted octanol–water partition coefficient (Wildman–Crippen LogP) is 2.62. The van der Waals surface area contributed by atoms with E-state index in [0.717, 1.165) is 0 Å². The van der Waals surface area contributed by atoms with Crippen LogP contribution in [0.2, 0.25) is 0 Å². The zero-order valence-corrected chi connectivity index (χ0v) is 10.2. The van der Waals surface area contributed by atoms with Crippen molar-refractivity contribution in [3.8, 4) is 5.75 Å². The van der Waals surface area contributed by atoms with E-state index in [4.69, 9.17) is 4.74 Å². The third-order valence-electron chi connectivity index (χ3n) is 2.84. The molecule has 0 saturated carbocycles. The number of hydrogen-bond acceptors (Lipinski definition) is 3. The van der Waals surface area contributed by atoms with E-state index in [1.54, 1.807) is 31.3 Å². The first-order chi connectivity index (χ1) is 8.63. The molecule has 1 heterocycles. The number of aromatic nitrogens is 1. The van der Waals surface area contributed by atoms with Crippen LogP contribution in [0.3, 0.4) is 0 Å². The predicted molar refractivity (Wildman–Crippen MR) is 66.0 cm³/mol. The Balaban J connectivity index is 2.40. The van der Waals surface area contributed by atoms with Gasteiger partial charge in [-0.2, -0.15) is 0 Å². The van der Waals surface area contributed by atoms with Gasteiger partial charge in [-0.1, -0.05) is 6.07 Å². The van der Waals surface area contributed by atoms with Gasteiger partial charge in [0.15, 0.2) is 0 Å². The minimum Gasteiger partial charge on any atom is -0.497 e. The highest BCUT2D eigenvalue weighted by Crippen LogP contribution is 2.27. The second kappa shape index (κ2) is 5.14. The van der Waals surface area contributed by atoms with Crippen LogP contribution in [-0.4, -0.2) is 17.2 Å². The van der Waals surface area contributed by atoms with E-state index in [0.29, 0.717) is 17.0 Å². The van der Waals surface area contributed by atoms with Crippen molar-refractivity contribution in [2.45, 2.75) is 13.0 Å². The summed E-state index contributed by atoms with van der Waals surface area (Å²) in [7, 11) is 1.47. The number of benzene rings is 1. The van der Waals surface area contributed by atoms with E-state index in [9.17, 15) is 9.50 Å². The minimum atomic E-state index is -1.02. The topological polar surface area (TPSA) is 42.4 Å². The molecule has 3 nitrogen and oxygen atoms in total. The van der Waals surface area contributed by atoms with E-state index in [1.807, 2.05) is 0 Å². The van der Waals surface area contributed by atoms with Crippen molar-refractivity contribution in [3.05, 3.63) is 59.2 Å². The van der Waals surface area contributed by atoms with Crippen LogP contribution < -0.4 is 4.74 Å². The molecule has 2 rings (SSSR count). The molecule has 0 aliphatic carbocycles. The highest BCUT2D eigenvalue weighted by atomic mass is 19.1. The number of nitrogens with zero attached hydrogens (tertiary/aromatic N) is 1. The number of aryl methyl sites for hydroxylation is 1. The lowest BCUT2D eigenvalue weighted by Crippen LogP contribution is -2.05. The first-order valence-corrected chi connectivity index (χ1v) is 5.56. The van der Waals surface area contributed by atoms with Crippen LogP contribution >= 0.6 is 0 Å². The van der Waals surface area contributed by atoms with Crippen molar-refractivity contribution >= 4 is 0 Å². The summed E-state index contributed by atoms with van der Waals surface area (Å²) in [5, 5.41) is 10.2. The van der Waals surface area contributed by atoms with E-state index in [-0.39, 0.29) is 5.56 Å². The third-order valence-corrected chi connectivity index (χ3v) is 2.84. The summed E-state index contributed by atoms with van der Waals surface area (Å²) in [5.74, 6) is -0.0727. The van der Waals surface area contributed by atoms with Crippen LogP contribution in [0.1, 0.15) is 22.9 Å². The molecule has 1 atom stereocenters. The molecule has 0 radical (unpaired) electrons. The Hall–Kier alpha value is -1.94. The van der Waals surface area contributed by atoms with Gasteiger partial charge in [-0.25, -0.2) is 4.39 Å². The van der Waals surface area contributed by atoms with Gasteiger partial charge in [0.2, 0.25) is 0 Å². The molecule has 0 aliphatic heterocycles. The maximum atomic E-state index is 13.8. The summed E-state index contributed by atoms with van der Waals surface area (Å²) >= 11 is 0. The summed E-state index contributed by atoms with van der Waals surface area (Å²) in [6.07, 6.45) is 0.611. The van der Waals surface area contributed by atoms with E-state index in [2.05, 4.69) is 4.98 Å². The molecule has 94 valence electrons. The molecule has 0 saturated heterocycles. The standard InChI is InChI=1S/C14H14FNO2/c1-9-11(4-3-7-16-9)14(17)12-6-5-10(18-2)8-13(12)15/h3-8,14,17H,1-2H3. The lowest BCUT2D eigenvalue weighted by atomic mass is 10.00. The molecular weight excluding hydrogens is 233 g/mol. The summed E-state index contributed by atoms with van der Waals surface area (Å²) < 4.78 is 18.8. The van der Waals surface area contributed by atoms with Crippen molar-refractivity contribution < 1.29 is 14.2 Å². The Labute approximate surface area is 105 Å². The SMILES string of the molecule is COc1ccc(C(O)c2cccnc2C)c(F)c1. The highest BCUT2D eigenvalue weighted by Gasteiger charge is 2.17. The smallest absolute Gasteiger partial charge is 0.133 e. The number of methoxy groups -OCH3 is 1. The zero-order valence-electron chi connectivity index (χ0n) is 10.2. The van der Waals surface area contributed by atoms with Crippen molar-refractivity contribution in [1.29, 1.82) is 0 Å². The molecule has 0 bridgehead atoms. The van der Waals surface area contributed by atoms with Crippen LogP contribution in [0.25, 0.3) is 0 Å². The number of ether oxygens (including phenoxy) is 1. The molecule has 0 amide bonds. The molecule has 1 aromatic heterocycles. The molecule has 1 aromatic carbocycles. The van der Waals surface area contributed by atoms with Gasteiger partial charge in [-0.3, -0.25) is 4.98 Å². The Morgan fingerprint density at radius 2 is 2.06 bits per heavy atom. The Morgan fingerprint density at radius 1 is 1.28 bits per heavy atom. The fraction of sp³-hybridized carbons (Fsp3) is 0.214. The average Bonchev–Trinajstić information content (AvgIpc) is 2.38. The lowest BCUT2D eigenvalue weighted by Gasteiger charge is -2.14. The minimum absolute atomic E-state index is 0.215. The number of aliphatic hydroxyl groups excluding tert-OH is 1.